The van der Waals surface area contributed by atoms with Crippen molar-refractivity contribution >= 4 is 11.6 Å². The highest BCUT2D eigenvalue weighted by atomic mass is 35.5. The Morgan fingerprint density at radius 3 is 3.00 bits per heavy atom. The van der Waals surface area contributed by atoms with E-state index in [1.165, 1.54) is 0 Å². The summed E-state index contributed by atoms with van der Waals surface area (Å²) >= 11 is 5.69. The van der Waals surface area contributed by atoms with Crippen LogP contribution in [0.2, 0.25) is 5.02 Å². The van der Waals surface area contributed by atoms with Crippen molar-refractivity contribution in [2.45, 2.75) is 18.9 Å². The second kappa shape index (κ2) is 3.64. The number of rotatable bonds is 1. The zero-order valence-electron chi connectivity index (χ0n) is 7.19. The van der Waals surface area contributed by atoms with Gasteiger partial charge in [0.25, 0.3) is 0 Å². The zero-order chi connectivity index (χ0) is 9.26. The number of nitrogens with one attached hydrogen (secondary N) is 1. The molecule has 1 aliphatic rings. The Morgan fingerprint density at radius 1 is 1.46 bits per heavy atom. The van der Waals surface area contributed by atoms with E-state index in [-0.39, 0.29) is 16.9 Å². The minimum Gasteiger partial charge on any atom is -0.310 e. The van der Waals surface area contributed by atoms with Crippen molar-refractivity contribution in [3.8, 4) is 0 Å². The molecule has 0 aliphatic carbocycles. The SMILES string of the molecule is Fc1c(Cl)cccc1[C@H]1CCCN1. The average molecular weight is 200 g/mol. The normalized spacial score (nSPS) is 22.2. The number of halogens is 2. The maximum Gasteiger partial charge on any atom is 0.146 e. The van der Waals surface area contributed by atoms with Gasteiger partial charge in [-0.3, -0.25) is 0 Å². The topological polar surface area (TPSA) is 12.0 Å². The molecule has 0 amide bonds. The highest BCUT2D eigenvalue weighted by Gasteiger charge is 2.20. The van der Waals surface area contributed by atoms with Crippen LogP contribution in [0.3, 0.4) is 0 Å². The van der Waals surface area contributed by atoms with Crippen molar-refractivity contribution in [1.29, 1.82) is 0 Å². The molecule has 3 heteroatoms. The zero-order valence-corrected chi connectivity index (χ0v) is 7.94. The van der Waals surface area contributed by atoms with Crippen LogP contribution >= 0.6 is 11.6 Å². The molecule has 1 nitrogen and oxygen atoms in total. The molecule has 0 bridgehead atoms. The summed E-state index contributed by atoms with van der Waals surface area (Å²) in [5.41, 5.74) is 0.699. The molecule has 1 aromatic rings. The molecule has 0 radical (unpaired) electrons. The van der Waals surface area contributed by atoms with Gasteiger partial charge in [-0.15, -0.1) is 0 Å². The molecule has 0 unspecified atom stereocenters. The van der Waals surface area contributed by atoms with E-state index in [9.17, 15) is 4.39 Å². The summed E-state index contributed by atoms with van der Waals surface area (Å²) in [5, 5.41) is 3.46. The molecule has 0 aromatic heterocycles. The molecule has 0 saturated carbocycles. The van der Waals surface area contributed by atoms with Crippen LogP contribution in [0.25, 0.3) is 0 Å². The Hall–Kier alpha value is -0.600. The lowest BCUT2D eigenvalue weighted by molar-refractivity contribution is 0.559. The van der Waals surface area contributed by atoms with Crippen LogP contribution < -0.4 is 5.32 Å². The van der Waals surface area contributed by atoms with Crippen LogP contribution in [0.5, 0.6) is 0 Å². The molecule has 1 atom stereocenters. The van der Waals surface area contributed by atoms with Gasteiger partial charge in [-0.25, -0.2) is 4.39 Å². The van der Waals surface area contributed by atoms with Gasteiger partial charge in [-0.1, -0.05) is 23.7 Å². The summed E-state index contributed by atoms with van der Waals surface area (Å²) in [5.74, 6) is -0.274. The summed E-state index contributed by atoms with van der Waals surface area (Å²) < 4.78 is 13.5. The standard InChI is InChI=1S/C10H11ClFN/c11-8-4-1-3-7(10(8)12)9-5-2-6-13-9/h1,3-4,9,13H,2,5-6H2/t9-/m1/s1. The van der Waals surface area contributed by atoms with E-state index in [2.05, 4.69) is 5.32 Å². The highest BCUT2D eigenvalue weighted by Crippen LogP contribution is 2.28. The lowest BCUT2D eigenvalue weighted by Gasteiger charge is -2.11. The molecule has 2 rings (SSSR count). The van der Waals surface area contributed by atoms with Gasteiger partial charge in [0.2, 0.25) is 0 Å². The maximum atomic E-state index is 13.5. The largest absolute Gasteiger partial charge is 0.310 e. The molecule has 1 aliphatic heterocycles. The van der Waals surface area contributed by atoms with Gasteiger partial charge in [-0.05, 0) is 25.5 Å². The number of benzene rings is 1. The second-order valence-corrected chi connectivity index (χ2v) is 3.70. The van der Waals surface area contributed by atoms with Gasteiger partial charge < -0.3 is 5.32 Å². The average Bonchev–Trinajstić information content (AvgIpc) is 2.62. The lowest BCUT2D eigenvalue weighted by Crippen LogP contribution is -2.14. The molecule has 0 spiro atoms. The molecule has 1 heterocycles. The minimum atomic E-state index is -0.274. The van der Waals surface area contributed by atoms with E-state index in [1.807, 2.05) is 0 Å². The van der Waals surface area contributed by atoms with Crippen molar-refractivity contribution in [3.63, 3.8) is 0 Å². The van der Waals surface area contributed by atoms with Crippen LogP contribution in [-0.4, -0.2) is 6.54 Å². The first-order chi connectivity index (χ1) is 6.29. The number of hydrogen-bond acceptors (Lipinski definition) is 1. The van der Waals surface area contributed by atoms with E-state index in [0.29, 0.717) is 5.56 Å². The molecular formula is C10H11ClFN. The van der Waals surface area contributed by atoms with E-state index in [1.54, 1.807) is 18.2 Å². The molecule has 1 saturated heterocycles. The summed E-state index contributed by atoms with van der Waals surface area (Å²) in [6, 6.07) is 5.32. The molecule has 70 valence electrons. The van der Waals surface area contributed by atoms with Crippen LogP contribution in [0.15, 0.2) is 18.2 Å². The van der Waals surface area contributed by atoms with Gasteiger partial charge in [0.1, 0.15) is 5.82 Å². The van der Waals surface area contributed by atoms with Crippen LogP contribution in [0.4, 0.5) is 4.39 Å². The Balaban J connectivity index is 2.33. The van der Waals surface area contributed by atoms with Crippen LogP contribution in [0.1, 0.15) is 24.4 Å². The van der Waals surface area contributed by atoms with E-state index < -0.39 is 0 Å². The van der Waals surface area contributed by atoms with Gasteiger partial charge in [0.15, 0.2) is 0 Å². The molecule has 13 heavy (non-hydrogen) atoms. The van der Waals surface area contributed by atoms with Gasteiger partial charge in [-0.2, -0.15) is 0 Å². The van der Waals surface area contributed by atoms with E-state index in [4.69, 9.17) is 11.6 Å². The second-order valence-electron chi connectivity index (χ2n) is 3.29. The van der Waals surface area contributed by atoms with Crippen LogP contribution in [0, 0.1) is 5.82 Å². The van der Waals surface area contributed by atoms with Crippen molar-refractivity contribution in [2.24, 2.45) is 0 Å². The van der Waals surface area contributed by atoms with Crippen molar-refractivity contribution in [2.75, 3.05) is 6.54 Å². The molecular weight excluding hydrogens is 189 g/mol. The van der Waals surface area contributed by atoms with Crippen molar-refractivity contribution in [3.05, 3.63) is 34.6 Å². The first kappa shape index (κ1) is 8.97. The lowest BCUT2D eigenvalue weighted by atomic mass is 10.1. The summed E-state index contributed by atoms with van der Waals surface area (Å²) in [7, 11) is 0. The minimum absolute atomic E-state index is 0.152. The third kappa shape index (κ3) is 1.69. The summed E-state index contributed by atoms with van der Waals surface area (Å²) in [6.07, 6.45) is 2.11. The first-order valence-electron chi connectivity index (χ1n) is 4.46. The van der Waals surface area contributed by atoms with Gasteiger partial charge in [0, 0.05) is 11.6 Å². The summed E-state index contributed by atoms with van der Waals surface area (Å²) in [6.45, 7) is 0.969. The third-order valence-electron chi connectivity index (χ3n) is 2.42. The monoisotopic (exact) mass is 199 g/mol. The van der Waals surface area contributed by atoms with Crippen molar-refractivity contribution < 1.29 is 4.39 Å². The smallest absolute Gasteiger partial charge is 0.146 e. The predicted octanol–water partition coefficient (Wildman–Crippen LogP) is 2.90. The fourth-order valence-electron chi connectivity index (χ4n) is 1.74. The Kier molecular flexibility index (Phi) is 2.51. The quantitative estimate of drug-likeness (QED) is 0.734. The summed E-state index contributed by atoms with van der Waals surface area (Å²) in [4.78, 5) is 0. The Bertz CT molecular complexity index is 308. The van der Waals surface area contributed by atoms with Gasteiger partial charge in [0.05, 0.1) is 5.02 Å². The molecule has 1 fully saturated rings. The van der Waals surface area contributed by atoms with Gasteiger partial charge >= 0.3 is 0 Å². The predicted molar refractivity (Wildman–Crippen MR) is 51.4 cm³/mol. The fraction of sp³-hybridized carbons (Fsp3) is 0.400. The fourth-order valence-corrected chi connectivity index (χ4v) is 1.92. The molecule has 1 aromatic carbocycles. The number of hydrogen-bond donors (Lipinski definition) is 1. The van der Waals surface area contributed by atoms with Crippen LogP contribution in [-0.2, 0) is 0 Å². The van der Waals surface area contributed by atoms with E-state index >= 15 is 0 Å². The van der Waals surface area contributed by atoms with Crippen molar-refractivity contribution in [1.82, 2.24) is 5.32 Å². The Morgan fingerprint density at radius 2 is 2.31 bits per heavy atom. The molecule has 1 N–H and O–H groups in total. The van der Waals surface area contributed by atoms with E-state index in [0.717, 1.165) is 19.4 Å². The third-order valence-corrected chi connectivity index (χ3v) is 2.71. The first-order valence-corrected chi connectivity index (χ1v) is 4.84. The maximum absolute atomic E-state index is 13.5. The Labute approximate surface area is 81.9 Å². The highest BCUT2D eigenvalue weighted by molar-refractivity contribution is 6.30.